The number of rotatable bonds is 9. The van der Waals surface area contributed by atoms with Crippen LogP contribution in [0.4, 0.5) is 5.95 Å². The number of benzene rings is 1. The van der Waals surface area contributed by atoms with E-state index in [0.717, 1.165) is 24.0 Å². The molecule has 0 aliphatic heterocycles. The number of imidazole rings is 1. The van der Waals surface area contributed by atoms with Gasteiger partial charge in [0, 0.05) is 11.6 Å². The van der Waals surface area contributed by atoms with E-state index in [2.05, 4.69) is 16.5 Å². The molecule has 1 aromatic heterocycles. The van der Waals surface area contributed by atoms with Crippen LogP contribution in [0, 0.1) is 0 Å². The highest BCUT2D eigenvalue weighted by atomic mass is 35.5. The number of halogens is 1. The first-order valence-corrected chi connectivity index (χ1v) is 8.51. The predicted molar refractivity (Wildman–Crippen MR) is 91.8 cm³/mol. The number of nitrogens with zero attached hydrogens (tertiary/aromatic N) is 2. The van der Waals surface area contributed by atoms with Crippen molar-refractivity contribution in [2.75, 3.05) is 5.73 Å². The van der Waals surface area contributed by atoms with Crippen LogP contribution >= 0.6 is 11.6 Å². The van der Waals surface area contributed by atoms with Gasteiger partial charge in [0.25, 0.3) is 0 Å². The van der Waals surface area contributed by atoms with Crippen molar-refractivity contribution in [3.63, 3.8) is 0 Å². The van der Waals surface area contributed by atoms with E-state index in [1.165, 1.54) is 44.9 Å². The highest BCUT2D eigenvalue weighted by molar-refractivity contribution is 6.31. The largest absolute Gasteiger partial charge is 0.369 e. The molecule has 0 unspecified atom stereocenters. The molecule has 0 aliphatic carbocycles. The second-order valence-electron chi connectivity index (χ2n) is 5.73. The molecule has 0 spiro atoms. The highest BCUT2D eigenvalue weighted by Crippen LogP contribution is 2.22. The average Bonchev–Trinajstić information content (AvgIpc) is 2.76. The molecule has 21 heavy (non-hydrogen) atoms. The van der Waals surface area contributed by atoms with E-state index in [4.69, 9.17) is 17.3 Å². The minimum absolute atomic E-state index is 0.593. The van der Waals surface area contributed by atoms with Gasteiger partial charge >= 0.3 is 0 Å². The second kappa shape index (κ2) is 8.28. The fourth-order valence-electron chi connectivity index (χ4n) is 2.76. The molecule has 0 atom stereocenters. The van der Waals surface area contributed by atoms with Crippen molar-refractivity contribution in [2.45, 2.75) is 64.8 Å². The quantitative estimate of drug-likeness (QED) is 0.629. The fourth-order valence-corrected chi connectivity index (χ4v) is 2.93. The average molecular weight is 308 g/mol. The van der Waals surface area contributed by atoms with E-state index >= 15 is 0 Å². The van der Waals surface area contributed by atoms with Gasteiger partial charge in [-0.15, -0.1) is 0 Å². The summed E-state index contributed by atoms with van der Waals surface area (Å²) in [5, 5.41) is 0.708. The Morgan fingerprint density at radius 1 is 1.05 bits per heavy atom. The van der Waals surface area contributed by atoms with E-state index in [1.807, 2.05) is 18.2 Å². The topological polar surface area (TPSA) is 43.8 Å². The lowest BCUT2D eigenvalue weighted by molar-refractivity contribution is 0.550. The van der Waals surface area contributed by atoms with Gasteiger partial charge < -0.3 is 10.3 Å². The molecule has 0 radical (unpaired) electrons. The molecular formula is C17H26ClN3. The normalized spacial score (nSPS) is 11.3. The van der Waals surface area contributed by atoms with Crippen LogP contribution in [0.25, 0.3) is 11.0 Å². The Kier molecular flexibility index (Phi) is 6.37. The first-order chi connectivity index (χ1) is 10.2. The maximum absolute atomic E-state index is 6.01. The predicted octanol–water partition coefficient (Wildman–Crippen LogP) is 5.41. The van der Waals surface area contributed by atoms with Crippen LogP contribution < -0.4 is 5.73 Å². The van der Waals surface area contributed by atoms with Gasteiger partial charge in [-0.3, -0.25) is 0 Å². The van der Waals surface area contributed by atoms with Gasteiger partial charge in [0.05, 0.1) is 11.0 Å². The molecule has 0 saturated carbocycles. The Labute approximate surface area is 132 Å². The molecule has 1 heterocycles. The Balaban J connectivity index is 1.77. The second-order valence-corrected chi connectivity index (χ2v) is 6.17. The van der Waals surface area contributed by atoms with Gasteiger partial charge in [-0.2, -0.15) is 0 Å². The van der Waals surface area contributed by atoms with E-state index in [9.17, 15) is 0 Å². The number of aryl methyl sites for hydroxylation is 1. The lowest BCUT2D eigenvalue weighted by Crippen LogP contribution is -2.03. The molecule has 0 bridgehead atoms. The van der Waals surface area contributed by atoms with E-state index < -0.39 is 0 Å². The fraction of sp³-hybridized carbons (Fsp3) is 0.588. The zero-order chi connectivity index (χ0) is 15.1. The van der Waals surface area contributed by atoms with Crippen LogP contribution in [0.5, 0.6) is 0 Å². The molecule has 0 aliphatic rings. The van der Waals surface area contributed by atoms with Gasteiger partial charge in [-0.1, -0.05) is 63.5 Å². The number of nitrogen functional groups attached to an aromatic ring is 1. The number of anilines is 1. The lowest BCUT2D eigenvalue weighted by atomic mass is 10.1. The van der Waals surface area contributed by atoms with Crippen LogP contribution in [-0.4, -0.2) is 9.55 Å². The lowest BCUT2D eigenvalue weighted by Gasteiger charge is -2.06. The zero-order valence-corrected chi connectivity index (χ0v) is 13.7. The number of aromatic nitrogens is 2. The van der Waals surface area contributed by atoms with Crippen molar-refractivity contribution in [1.29, 1.82) is 0 Å². The molecule has 1 aromatic carbocycles. The van der Waals surface area contributed by atoms with Crippen molar-refractivity contribution >= 4 is 28.6 Å². The van der Waals surface area contributed by atoms with Crippen molar-refractivity contribution in [3.8, 4) is 0 Å². The van der Waals surface area contributed by atoms with E-state index in [0.29, 0.717) is 11.0 Å². The van der Waals surface area contributed by atoms with Crippen LogP contribution in [0.15, 0.2) is 18.2 Å². The molecule has 0 saturated heterocycles. The summed E-state index contributed by atoms with van der Waals surface area (Å²) in [5.41, 5.74) is 7.98. The Morgan fingerprint density at radius 2 is 1.71 bits per heavy atom. The smallest absolute Gasteiger partial charge is 0.201 e. The summed E-state index contributed by atoms with van der Waals surface area (Å²) in [5.74, 6) is 0.593. The molecular weight excluding hydrogens is 282 g/mol. The number of unbranched alkanes of at least 4 members (excludes halogenated alkanes) is 7. The Hall–Kier alpha value is -1.22. The third-order valence-corrected chi connectivity index (χ3v) is 4.21. The van der Waals surface area contributed by atoms with Gasteiger partial charge in [0.2, 0.25) is 5.95 Å². The molecule has 2 N–H and O–H groups in total. The van der Waals surface area contributed by atoms with Crippen molar-refractivity contribution < 1.29 is 0 Å². The van der Waals surface area contributed by atoms with Crippen LogP contribution in [-0.2, 0) is 6.54 Å². The molecule has 2 aromatic rings. The maximum atomic E-state index is 6.01. The molecule has 4 heteroatoms. The summed E-state index contributed by atoms with van der Waals surface area (Å²) in [7, 11) is 0. The Morgan fingerprint density at radius 3 is 2.43 bits per heavy atom. The summed E-state index contributed by atoms with van der Waals surface area (Å²) in [6, 6.07) is 5.78. The highest BCUT2D eigenvalue weighted by Gasteiger charge is 2.07. The maximum Gasteiger partial charge on any atom is 0.201 e. The van der Waals surface area contributed by atoms with E-state index in [-0.39, 0.29) is 0 Å². The first kappa shape index (κ1) is 16.2. The first-order valence-electron chi connectivity index (χ1n) is 8.13. The van der Waals surface area contributed by atoms with Gasteiger partial charge in [-0.05, 0) is 24.6 Å². The van der Waals surface area contributed by atoms with E-state index in [1.54, 1.807) is 0 Å². The van der Waals surface area contributed by atoms with Crippen LogP contribution in [0.3, 0.4) is 0 Å². The molecule has 0 fully saturated rings. The van der Waals surface area contributed by atoms with Gasteiger partial charge in [0.15, 0.2) is 0 Å². The SMILES string of the molecule is CCCCCCCCCCn1c(N)nc2cc(Cl)ccc21. The number of nitrogens with two attached hydrogens (primary N) is 1. The summed E-state index contributed by atoms with van der Waals surface area (Å²) >= 11 is 5.99. The van der Waals surface area contributed by atoms with Crippen molar-refractivity contribution in [2.24, 2.45) is 0 Å². The number of hydrogen-bond donors (Lipinski definition) is 1. The third-order valence-electron chi connectivity index (χ3n) is 3.98. The Bertz CT molecular complexity index is 562. The monoisotopic (exact) mass is 307 g/mol. The van der Waals surface area contributed by atoms with Crippen molar-refractivity contribution in [1.82, 2.24) is 9.55 Å². The third kappa shape index (κ3) is 4.63. The minimum Gasteiger partial charge on any atom is -0.369 e. The minimum atomic E-state index is 0.593. The summed E-state index contributed by atoms with van der Waals surface area (Å²) in [6.07, 6.45) is 10.6. The van der Waals surface area contributed by atoms with Crippen molar-refractivity contribution in [3.05, 3.63) is 23.2 Å². The summed E-state index contributed by atoms with van der Waals surface area (Å²) in [4.78, 5) is 4.38. The number of hydrogen-bond acceptors (Lipinski definition) is 2. The zero-order valence-electron chi connectivity index (χ0n) is 12.9. The van der Waals surface area contributed by atoms with Gasteiger partial charge in [-0.25, -0.2) is 4.98 Å². The summed E-state index contributed by atoms with van der Waals surface area (Å²) < 4.78 is 2.10. The molecule has 116 valence electrons. The molecule has 3 nitrogen and oxygen atoms in total. The summed E-state index contributed by atoms with van der Waals surface area (Å²) in [6.45, 7) is 3.20. The number of fused-ring (bicyclic) bond motifs is 1. The molecule has 0 amide bonds. The van der Waals surface area contributed by atoms with Crippen LogP contribution in [0.1, 0.15) is 58.3 Å². The standard InChI is InChI=1S/C17H26ClN3/c1-2-3-4-5-6-7-8-9-12-21-16-11-10-14(18)13-15(16)20-17(21)19/h10-11,13H,2-9,12H2,1H3,(H2,19,20). The molecule has 2 rings (SSSR count). The van der Waals surface area contributed by atoms with Gasteiger partial charge in [0.1, 0.15) is 0 Å². The van der Waals surface area contributed by atoms with Crippen LogP contribution in [0.2, 0.25) is 5.02 Å².